The highest BCUT2D eigenvalue weighted by Gasteiger charge is 2.69. The van der Waals surface area contributed by atoms with Gasteiger partial charge in [-0.15, -0.1) is 0 Å². The van der Waals surface area contributed by atoms with Crippen LogP contribution in [0.3, 0.4) is 0 Å². The predicted octanol–water partition coefficient (Wildman–Crippen LogP) is 3.52. The summed E-state index contributed by atoms with van der Waals surface area (Å²) >= 11 is 5.80. The van der Waals surface area contributed by atoms with Gasteiger partial charge in [-0.1, -0.05) is 30.8 Å². The van der Waals surface area contributed by atoms with E-state index in [0.717, 1.165) is 5.56 Å². The Hall–Kier alpha value is -2.68. The molecule has 1 saturated carbocycles. The van der Waals surface area contributed by atoms with Crippen molar-refractivity contribution in [1.29, 1.82) is 0 Å². The second kappa shape index (κ2) is 10.7. The predicted molar refractivity (Wildman–Crippen MR) is 128 cm³/mol. The van der Waals surface area contributed by atoms with Gasteiger partial charge < -0.3 is 24.3 Å². The third-order valence-corrected chi connectivity index (χ3v) is 7.43. The molecule has 0 radical (unpaired) electrons. The molecule has 2 aliphatic rings. The second-order valence-electron chi connectivity index (χ2n) is 8.55. The standard InChI is InChI=1S/C25H33NO7S/c1-5-31-21(27)24-13-8-14-25(22(28)32-6-2,23(29)33-7-3)19(24)15-18(26-20(24)34)16-9-11-17(30-4)12-10-16/h9-12,18-19H,5-8,13-15H2,1-4H3,(H,26,34)/t18-,19-,24+/m1/s1. The molecule has 1 aliphatic heterocycles. The first-order chi connectivity index (χ1) is 16.3. The van der Waals surface area contributed by atoms with E-state index >= 15 is 0 Å². The molecule has 3 atom stereocenters. The zero-order chi connectivity index (χ0) is 24.9. The van der Waals surface area contributed by atoms with E-state index in [9.17, 15) is 14.4 Å². The maximum Gasteiger partial charge on any atom is 0.323 e. The van der Waals surface area contributed by atoms with Gasteiger partial charge in [-0.2, -0.15) is 0 Å². The Balaban J connectivity index is 2.17. The molecule has 0 aromatic heterocycles. The van der Waals surface area contributed by atoms with E-state index in [4.69, 9.17) is 31.2 Å². The lowest BCUT2D eigenvalue weighted by molar-refractivity contribution is -0.190. The van der Waals surface area contributed by atoms with E-state index < -0.39 is 34.7 Å². The fourth-order valence-electron chi connectivity index (χ4n) is 5.42. The van der Waals surface area contributed by atoms with Gasteiger partial charge in [0.1, 0.15) is 11.2 Å². The molecule has 0 bridgehead atoms. The highest BCUT2D eigenvalue weighted by atomic mass is 32.1. The molecule has 0 unspecified atom stereocenters. The Morgan fingerprint density at radius 3 is 2.03 bits per heavy atom. The van der Waals surface area contributed by atoms with Crippen molar-refractivity contribution in [2.45, 2.75) is 52.5 Å². The van der Waals surface area contributed by atoms with Crippen molar-refractivity contribution in [3.8, 4) is 5.75 Å². The second-order valence-corrected chi connectivity index (χ2v) is 8.95. The smallest absolute Gasteiger partial charge is 0.323 e. The number of benzene rings is 1. The lowest BCUT2D eigenvalue weighted by Crippen LogP contribution is -2.66. The fourth-order valence-corrected chi connectivity index (χ4v) is 5.89. The van der Waals surface area contributed by atoms with Crippen LogP contribution in [0.25, 0.3) is 0 Å². The third kappa shape index (κ3) is 4.26. The van der Waals surface area contributed by atoms with Crippen molar-refractivity contribution >= 4 is 35.1 Å². The van der Waals surface area contributed by atoms with Gasteiger partial charge in [0, 0.05) is 5.92 Å². The van der Waals surface area contributed by atoms with Crippen molar-refractivity contribution in [1.82, 2.24) is 5.32 Å². The minimum atomic E-state index is -1.66. The van der Waals surface area contributed by atoms with E-state index in [1.165, 1.54) is 0 Å². The minimum absolute atomic E-state index is 0.101. The first kappa shape index (κ1) is 25.9. The van der Waals surface area contributed by atoms with Crippen molar-refractivity contribution in [2.24, 2.45) is 16.7 Å². The number of carbonyl (C=O) groups excluding carboxylic acids is 3. The third-order valence-electron chi connectivity index (χ3n) is 6.95. The van der Waals surface area contributed by atoms with Crippen LogP contribution in [0, 0.1) is 16.7 Å². The maximum atomic E-state index is 13.5. The number of fused-ring (bicyclic) bond motifs is 1. The summed E-state index contributed by atoms with van der Waals surface area (Å²) in [4.78, 5) is 40.7. The Morgan fingerprint density at radius 1 is 0.941 bits per heavy atom. The summed E-state index contributed by atoms with van der Waals surface area (Å²) in [5, 5.41) is 3.31. The number of methoxy groups -OCH3 is 1. The number of nitrogens with one attached hydrogen (secondary N) is 1. The van der Waals surface area contributed by atoms with Gasteiger partial charge in [0.2, 0.25) is 0 Å². The van der Waals surface area contributed by atoms with Gasteiger partial charge in [0.15, 0.2) is 5.41 Å². The van der Waals surface area contributed by atoms with Gasteiger partial charge in [0.25, 0.3) is 0 Å². The summed E-state index contributed by atoms with van der Waals surface area (Å²) in [5.74, 6) is -1.96. The number of esters is 3. The first-order valence-corrected chi connectivity index (χ1v) is 12.2. The molecule has 0 amide bonds. The molecule has 186 valence electrons. The van der Waals surface area contributed by atoms with Crippen molar-refractivity contribution in [3.63, 3.8) is 0 Å². The normalized spacial score (nSPS) is 25.4. The Bertz CT molecular complexity index is 914. The van der Waals surface area contributed by atoms with Crippen LogP contribution in [0.15, 0.2) is 24.3 Å². The number of hydrogen-bond donors (Lipinski definition) is 1. The first-order valence-electron chi connectivity index (χ1n) is 11.8. The van der Waals surface area contributed by atoms with Crippen molar-refractivity contribution in [2.75, 3.05) is 26.9 Å². The highest BCUT2D eigenvalue weighted by Crippen LogP contribution is 2.59. The molecule has 1 N–H and O–H groups in total. The highest BCUT2D eigenvalue weighted by molar-refractivity contribution is 7.80. The molecular formula is C25H33NO7S. The summed E-state index contributed by atoms with van der Waals surface area (Å²) in [6.45, 7) is 5.45. The fraction of sp³-hybridized carbons (Fsp3) is 0.600. The number of carbonyl (C=O) groups is 3. The summed E-state index contributed by atoms with van der Waals surface area (Å²) < 4.78 is 21.6. The van der Waals surface area contributed by atoms with Crippen molar-refractivity contribution in [3.05, 3.63) is 29.8 Å². The molecule has 1 aromatic rings. The minimum Gasteiger partial charge on any atom is -0.497 e. The van der Waals surface area contributed by atoms with E-state index in [1.54, 1.807) is 27.9 Å². The van der Waals surface area contributed by atoms with E-state index in [1.807, 2.05) is 24.3 Å². The largest absolute Gasteiger partial charge is 0.497 e. The lowest BCUT2D eigenvalue weighted by atomic mass is 9.51. The quantitative estimate of drug-likeness (QED) is 0.253. The van der Waals surface area contributed by atoms with Gasteiger partial charge >= 0.3 is 17.9 Å². The Labute approximate surface area is 205 Å². The van der Waals surface area contributed by atoms with Crippen LogP contribution in [-0.4, -0.2) is 49.8 Å². The molecule has 1 aromatic carbocycles. The monoisotopic (exact) mass is 491 g/mol. The van der Waals surface area contributed by atoms with Gasteiger partial charge in [-0.25, -0.2) is 0 Å². The summed E-state index contributed by atoms with van der Waals surface area (Å²) in [6, 6.07) is 7.13. The number of ether oxygens (including phenoxy) is 4. The van der Waals surface area contributed by atoms with Crippen LogP contribution >= 0.6 is 12.2 Å². The molecule has 34 heavy (non-hydrogen) atoms. The number of hydrogen-bond acceptors (Lipinski definition) is 8. The van der Waals surface area contributed by atoms with E-state index in [-0.39, 0.29) is 37.3 Å². The Morgan fingerprint density at radius 2 is 1.50 bits per heavy atom. The molecule has 1 saturated heterocycles. The molecule has 8 nitrogen and oxygen atoms in total. The molecule has 0 spiro atoms. The number of thiocarbonyl (C=S) groups is 1. The van der Waals surface area contributed by atoms with Gasteiger partial charge in [-0.05, 0) is 57.7 Å². The van der Waals surface area contributed by atoms with Crippen LogP contribution in [0.1, 0.15) is 58.1 Å². The molecule has 9 heteroatoms. The number of piperidine rings is 1. The average molecular weight is 492 g/mol. The molecule has 1 aliphatic carbocycles. The van der Waals surface area contributed by atoms with Crippen LogP contribution in [0.2, 0.25) is 0 Å². The summed E-state index contributed by atoms with van der Waals surface area (Å²) in [6.07, 6.45) is 1.30. The van der Waals surface area contributed by atoms with Crippen LogP contribution in [0.4, 0.5) is 0 Å². The van der Waals surface area contributed by atoms with Gasteiger partial charge in [0.05, 0.1) is 38.0 Å². The molecule has 3 rings (SSSR count). The van der Waals surface area contributed by atoms with Gasteiger partial charge in [-0.3, -0.25) is 14.4 Å². The van der Waals surface area contributed by atoms with E-state index in [2.05, 4.69) is 5.32 Å². The zero-order valence-corrected chi connectivity index (χ0v) is 21.0. The van der Waals surface area contributed by atoms with Crippen LogP contribution in [-0.2, 0) is 28.6 Å². The summed E-state index contributed by atoms with van der Waals surface area (Å²) in [5.41, 5.74) is -2.09. The lowest BCUT2D eigenvalue weighted by Gasteiger charge is -2.54. The van der Waals surface area contributed by atoms with Crippen LogP contribution in [0.5, 0.6) is 5.75 Å². The Kier molecular flexibility index (Phi) is 8.17. The average Bonchev–Trinajstić information content (AvgIpc) is 2.84. The van der Waals surface area contributed by atoms with Crippen LogP contribution < -0.4 is 10.1 Å². The summed E-state index contributed by atoms with van der Waals surface area (Å²) in [7, 11) is 1.59. The van der Waals surface area contributed by atoms with Crippen molar-refractivity contribution < 1.29 is 33.3 Å². The topological polar surface area (TPSA) is 100 Å². The number of rotatable bonds is 8. The molecule has 2 fully saturated rings. The maximum absolute atomic E-state index is 13.5. The molecule has 1 heterocycles. The zero-order valence-electron chi connectivity index (χ0n) is 20.2. The van der Waals surface area contributed by atoms with E-state index in [0.29, 0.717) is 25.0 Å². The molecular weight excluding hydrogens is 458 g/mol. The SMILES string of the molecule is CCOC(=O)C1(C(=O)OCC)CCC[C@@]2(C(=O)OCC)C(=S)N[C@@H](c3ccc(OC)cc3)C[C@@H]12.